The number of piperidine rings is 1. The molecule has 1 fully saturated rings. The van der Waals surface area contributed by atoms with Crippen LogP contribution in [0.1, 0.15) is 42.9 Å². The second kappa shape index (κ2) is 7.04. The normalized spacial score (nSPS) is 22.6. The maximum atomic E-state index is 12.8. The van der Waals surface area contributed by atoms with Gasteiger partial charge >= 0.3 is 0 Å². The third-order valence-electron chi connectivity index (χ3n) is 4.25. The first-order valence-electron chi connectivity index (χ1n) is 7.75. The maximum Gasteiger partial charge on any atom is 0.272 e. The number of ether oxygens (including phenoxy) is 1. The molecule has 0 bridgehead atoms. The molecule has 2 rings (SSSR count). The fourth-order valence-corrected chi connectivity index (χ4v) is 2.92. The SMILES string of the molecule is CCc1cc(C(=O)N2CCC(OC)CC2CN)n(CC)n1. The minimum atomic E-state index is 0.0362. The van der Waals surface area contributed by atoms with Gasteiger partial charge < -0.3 is 15.4 Å². The predicted octanol–water partition coefficient (Wildman–Crippen LogP) is 1.04. The van der Waals surface area contributed by atoms with Crippen LogP contribution in [-0.4, -0.2) is 52.9 Å². The maximum absolute atomic E-state index is 12.8. The van der Waals surface area contributed by atoms with Crippen molar-refractivity contribution in [2.24, 2.45) is 5.73 Å². The van der Waals surface area contributed by atoms with Crippen LogP contribution in [-0.2, 0) is 17.7 Å². The number of amides is 1. The van der Waals surface area contributed by atoms with Gasteiger partial charge in [-0.05, 0) is 32.3 Å². The Kier molecular flexibility index (Phi) is 5.36. The summed E-state index contributed by atoms with van der Waals surface area (Å²) >= 11 is 0. The van der Waals surface area contributed by atoms with E-state index in [-0.39, 0.29) is 18.1 Å². The molecule has 118 valence electrons. The highest BCUT2D eigenvalue weighted by atomic mass is 16.5. The van der Waals surface area contributed by atoms with Crippen molar-refractivity contribution in [2.45, 2.75) is 51.8 Å². The molecule has 2 N–H and O–H groups in total. The molecule has 1 aromatic heterocycles. The first-order chi connectivity index (χ1) is 10.1. The lowest BCUT2D eigenvalue weighted by Crippen LogP contribution is -2.51. The molecule has 0 radical (unpaired) electrons. The number of hydrogen-bond donors (Lipinski definition) is 1. The first kappa shape index (κ1) is 16.0. The third kappa shape index (κ3) is 3.27. The van der Waals surface area contributed by atoms with Crippen molar-refractivity contribution in [3.05, 3.63) is 17.5 Å². The van der Waals surface area contributed by atoms with Crippen molar-refractivity contribution in [2.75, 3.05) is 20.2 Å². The Morgan fingerprint density at radius 2 is 2.29 bits per heavy atom. The van der Waals surface area contributed by atoms with Gasteiger partial charge in [-0.2, -0.15) is 5.10 Å². The molecule has 1 amide bonds. The lowest BCUT2D eigenvalue weighted by Gasteiger charge is -2.38. The smallest absolute Gasteiger partial charge is 0.272 e. The Hall–Kier alpha value is -1.40. The molecule has 6 nitrogen and oxygen atoms in total. The number of nitrogens with two attached hydrogens (primary N) is 1. The van der Waals surface area contributed by atoms with Gasteiger partial charge in [0.05, 0.1) is 11.8 Å². The first-order valence-corrected chi connectivity index (χ1v) is 7.75. The van der Waals surface area contributed by atoms with Gasteiger partial charge in [0, 0.05) is 32.8 Å². The van der Waals surface area contributed by atoms with Gasteiger partial charge in [0.25, 0.3) is 5.91 Å². The van der Waals surface area contributed by atoms with Crippen molar-refractivity contribution < 1.29 is 9.53 Å². The molecule has 1 aromatic rings. The summed E-state index contributed by atoms with van der Waals surface area (Å²) in [4.78, 5) is 14.7. The van der Waals surface area contributed by atoms with E-state index in [4.69, 9.17) is 10.5 Å². The van der Waals surface area contributed by atoms with E-state index in [0.717, 1.165) is 25.0 Å². The van der Waals surface area contributed by atoms with Gasteiger partial charge in [-0.15, -0.1) is 0 Å². The lowest BCUT2D eigenvalue weighted by atomic mass is 9.99. The van der Waals surface area contributed by atoms with E-state index >= 15 is 0 Å². The number of likely N-dealkylation sites (tertiary alicyclic amines) is 1. The van der Waals surface area contributed by atoms with Gasteiger partial charge in [0.2, 0.25) is 0 Å². The fourth-order valence-electron chi connectivity index (χ4n) is 2.92. The molecule has 1 saturated heterocycles. The van der Waals surface area contributed by atoms with Gasteiger partial charge in [-0.25, -0.2) is 0 Å². The molecule has 0 aromatic carbocycles. The summed E-state index contributed by atoms with van der Waals surface area (Å²) in [5.74, 6) is 0.0362. The van der Waals surface area contributed by atoms with Crippen LogP contribution in [0.25, 0.3) is 0 Å². The second-order valence-electron chi connectivity index (χ2n) is 5.46. The highest BCUT2D eigenvalue weighted by molar-refractivity contribution is 5.93. The zero-order chi connectivity index (χ0) is 15.4. The summed E-state index contributed by atoms with van der Waals surface area (Å²) in [7, 11) is 1.72. The van der Waals surface area contributed by atoms with Gasteiger partial charge in [-0.1, -0.05) is 6.92 Å². The largest absolute Gasteiger partial charge is 0.381 e. The van der Waals surface area contributed by atoms with E-state index in [1.165, 1.54) is 0 Å². The van der Waals surface area contributed by atoms with Crippen LogP contribution in [0.2, 0.25) is 0 Å². The molecular weight excluding hydrogens is 268 g/mol. The van der Waals surface area contributed by atoms with E-state index in [1.54, 1.807) is 11.8 Å². The van der Waals surface area contributed by atoms with E-state index in [0.29, 0.717) is 25.3 Å². The molecule has 2 atom stereocenters. The summed E-state index contributed by atoms with van der Waals surface area (Å²) in [6.07, 6.45) is 2.70. The van der Waals surface area contributed by atoms with Crippen molar-refractivity contribution >= 4 is 5.91 Å². The summed E-state index contributed by atoms with van der Waals surface area (Å²) < 4.78 is 7.20. The molecule has 0 saturated carbocycles. The molecule has 1 aliphatic heterocycles. The Bertz CT molecular complexity index is 486. The van der Waals surface area contributed by atoms with Crippen molar-refractivity contribution in [1.82, 2.24) is 14.7 Å². The highest BCUT2D eigenvalue weighted by Gasteiger charge is 2.32. The summed E-state index contributed by atoms with van der Waals surface area (Å²) in [5.41, 5.74) is 7.48. The van der Waals surface area contributed by atoms with Crippen LogP contribution >= 0.6 is 0 Å². The average molecular weight is 294 g/mol. The van der Waals surface area contributed by atoms with E-state index < -0.39 is 0 Å². The minimum absolute atomic E-state index is 0.0362. The standard InChI is InChI=1S/C15H26N4O2/c1-4-11-8-14(19(5-2)17-11)15(20)18-7-6-13(21-3)9-12(18)10-16/h8,12-13H,4-7,9-10,16H2,1-3H3. The Balaban J connectivity index is 2.20. The number of hydrogen-bond acceptors (Lipinski definition) is 4. The zero-order valence-electron chi connectivity index (χ0n) is 13.2. The van der Waals surface area contributed by atoms with Crippen LogP contribution in [0.15, 0.2) is 6.07 Å². The summed E-state index contributed by atoms with van der Waals surface area (Å²) in [6.45, 7) is 5.90. The van der Waals surface area contributed by atoms with Gasteiger partial charge in [0.15, 0.2) is 0 Å². The number of nitrogens with zero attached hydrogens (tertiary/aromatic N) is 3. The van der Waals surface area contributed by atoms with Crippen LogP contribution in [0.5, 0.6) is 0 Å². The summed E-state index contributed by atoms with van der Waals surface area (Å²) in [5, 5.41) is 4.46. The van der Waals surface area contributed by atoms with Crippen LogP contribution < -0.4 is 5.73 Å². The number of rotatable bonds is 5. The monoisotopic (exact) mass is 294 g/mol. The Labute approximate surface area is 126 Å². The van der Waals surface area contributed by atoms with E-state index in [9.17, 15) is 4.79 Å². The quantitative estimate of drug-likeness (QED) is 0.880. The molecule has 6 heteroatoms. The molecule has 0 spiro atoms. The Morgan fingerprint density at radius 3 is 2.86 bits per heavy atom. The van der Waals surface area contributed by atoms with Gasteiger partial charge in [-0.3, -0.25) is 9.48 Å². The van der Waals surface area contributed by atoms with Crippen molar-refractivity contribution in [3.63, 3.8) is 0 Å². The van der Waals surface area contributed by atoms with Crippen LogP contribution in [0.3, 0.4) is 0 Å². The molecule has 1 aliphatic rings. The van der Waals surface area contributed by atoms with E-state index in [2.05, 4.69) is 5.10 Å². The Morgan fingerprint density at radius 1 is 1.52 bits per heavy atom. The molecule has 2 heterocycles. The fraction of sp³-hybridized carbons (Fsp3) is 0.733. The zero-order valence-corrected chi connectivity index (χ0v) is 13.2. The van der Waals surface area contributed by atoms with Gasteiger partial charge in [0.1, 0.15) is 5.69 Å². The number of carbonyl (C=O) groups is 1. The number of methoxy groups -OCH3 is 1. The minimum Gasteiger partial charge on any atom is -0.381 e. The average Bonchev–Trinajstić information content (AvgIpc) is 2.96. The van der Waals surface area contributed by atoms with Crippen molar-refractivity contribution in [3.8, 4) is 0 Å². The van der Waals surface area contributed by atoms with Crippen molar-refractivity contribution in [1.29, 1.82) is 0 Å². The topological polar surface area (TPSA) is 73.4 Å². The third-order valence-corrected chi connectivity index (χ3v) is 4.25. The molecule has 2 unspecified atom stereocenters. The molecule has 21 heavy (non-hydrogen) atoms. The number of aryl methyl sites for hydroxylation is 2. The second-order valence-corrected chi connectivity index (χ2v) is 5.46. The number of carbonyl (C=O) groups excluding carboxylic acids is 1. The molecule has 0 aliphatic carbocycles. The number of aromatic nitrogens is 2. The highest BCUT2D eigenvalue weighted by Crippen LogP contribution is 2.22. The predicted molar refractivity (Wildman–Crippen MR) is 81.2 cm³/mol. The van der Waals surface area contributed by atoms with Crippen LogP contribution in [0, 0.1) is 0 Å². The molecular formula is C15H26N4O2. The van der Waals surface area contributed by atoms with E-state index in [1.807, 2.05) is 24.8 Å². The summed E-state index contributed by atoms with van der Waals surface area (Å²) in [6, 6.07) is 1.95. The van der Waals surface area contributed by atoms with Crippen LogP contribution in [0.4, 0.5) is 0 Å². The lowest BCUT2D eigenvalue weighted by molar-refractivity contribution is 0.0133.